The maximum absolute atomic E-state index is 14.8. The molecule has 1 amide bonds. The predicted molar refractivity (Wildman–Crippen MR) is 116 cm³/mol. The first-order valence-corrected chi connectivity index (χ1v) is 11.1. The van der Waals surface area contributed by atoms with Crippen molar-refractivity contribution in [2.24, 2.45) is 15.4 Å². The number of carbonyl (C=O) groups excluding carboxylic acids is 1. The van der Waals surface area contributed by atoms with E-state index >= 15 is 0 Å². The van der Waals surface area contributed by atoms with Crippen LogP contribution in [0.5, 0.6) is 0 Å². The molecule has 0 bridgehead atoms. The summed E-state index contributed by atoms with van der Waals surface area (Å²) in [5.74, 6) is -0.334. The number of nitrogens with zero attached hydrogens (tertiary/aromatic N) is 3. The van der Waals surface area contributed by atoms with E-state index in [-0.39, 0.29) is 10.7 Å². The van der Waals surface area contributed by atoms with Gasteiger partial charge in [-0.2, -0.15) is 0 Å². The third-order valence-corrected chi connectivity index (χ3v) is 8.76. The van der Waals surface area contributed by atoms with E-state index in [9.17, 15) is 9.18 Å². The summed E-state index contributed by atoms with van der Waals surface area (Å²) in [4.78, 5) is 21.1. The first kappa shape index (κ1) is 21.3. The molecule has 3 N–H and O–H groups in total. The molecule has 1 aliphatic rings. The Morgan fingerprint density at radius 1 is 1.31 bits per heavy atom. The van der Waals surface area contributed by atoms with E-state index in [4.69, 9.17) is 17.3 Å². The van der Waals surface area contributed by atoms with Crippen molar-refractivity contribution in [2.75, 3.05) is 12.4 Å². The molecule has 2 aromatic rings. The van der Waals surface area contributed by atoms with Crippen LogP contribution in [0.3, 0.4) is 0 Å². The van der Waals surface area contributed by atoms with Crippen molar-refractivity contribution in [3.8, 4) is 0 Å². The normalized spacial score (nSPS) is 22.3. The Kier molecular flexibility index (Phi) is 5.69. The second-order valence-electron chi connectivity index (χ2n) is 7.75. The van der Waals surface area contributed by atoms with Crippen molar-refractivity contribution in [3.63, 3.8) is 0 Å². The van der Waals surface area contributed by atoms with Gasteiger partial charge in [0.05, 0.1) is 10.6 Å². The Labute approximate surface area is 175 Å². The number of rotatable bonds is 3. The number of nitrogens with one attached hydrogen (secondary N) is 1. The Morgan fingerprint density at radius 2 is 2.03 bits per heavy atom. The molecule has 0 radical (unpaired) electrons. The van der Waals surface area contributed by atoms with E-state index in [2.05, 4.69) is 19.9 Å². The number of benzene rings is 1. The molecule has 29 heavy (non-hydrogen) atoms. The van der Waals surface area contributed by atoms with E-state index in [1.54, 1.807) is 19.2 Å². The number of hydrogen-bond acceptors (Lipinski definition) is 5. The number of halogens is 2. The Morgan fingerprint density at radius 3 is 2.66 bits per heavy atom. The van der Waals surface area contributed by atoms with Gasteiger partial charge in [-0.3, -0.25) is 9.79 Å². The molecule has 0 spiro atoms. The fraction of sp³-hybridized carbons (Fsp3) is 0.350. The highest BCUT2D eigenvalue weighted by Gasteiger charge is 2.43. The largest absolute Gasteiger partial charge is 0.387 e. The summed E-state index contributed by atoms with van der Waals surface area (Å²) in [5.41, 5.74) is 6.44. The lowest BCUT2D eigenvalue weighted by atomic mass is 9.92. The first-order valence-electron chi connectivity index (χ1n) is 9.12. The van der Waals surface area contributed by atoms with E-state index in [1.807, 2.05) is 20.8 Å². The van der Waals surface area contributed by atoms with Gasteiger partial charge in [0, 0.05) is 35.6 Å². The number of hydrogen-bond donors (Lipinski definition) is 2. The van der Waals surface area contributed by atoms with Gasteiger partial charge in [0.25, 0.3) is 5.91 Å². The highest BCUT2D eigenvalue weighted by molar-refractivity contribution is 6.57. The summed E-state index contributed by atoms with van der Waals surface area (Å²) in [7, 11) is 0.508. The summed E-state index contributed by atoms with van der Waals surface area (Å²) in [6, 6.07) is 8.15. The van der Waals surface area contributed by atoms with Crippen molar-refractivity contribution in [3.05, 3.63) is 58.6 Å². The molecule has 2 heterocycles. The van der Waals surface area contributed by atoms with Crippen LogP contribution in [0.2, 0.25) is 16.1 Å². The summed E-state index contributed by atoms with van der Waals surface area (Å²) in [6.45, 7) is 5.91. The number of amides is 1. The molecule has 1 aromatic heterocycles. The standard InChI is InChI=1S/C20H23ClFN5OSi/c1-19(2)18(23)27-20(3,11-29(19)24-4)14-9-13(6-7-15(14)22)26-17(28)16-8-5-12(21)10-25-16/h5-10H,11H2,1-4H3,(H2,23,27)(H,26,28)/t20-/m0/s1. The lowest BCUT2D eigenvalue weighted by Crippen LogP contribution is -2.44. The molecule has 152 valence electrons. The molecule has 0 saturated heterocycles. The molecule has 0 aliphatic carbocycles. The van der Waals surface area contributed by atoms with E-state index < -0.39 is 25.9 Å². The zero-order valence-corrected chi connectivity index (χ0v) is 18.5. The monoisotopic (exact) mass is 431 g/mol. The first-order chi connectivity index (χ1) is 13.6. The van der Waals surface area contributed by atoms with E-state index in [1.165, 1.54) is 24.4 Å². The molecule has 1 aliphatic heterocycles. The number of carbonyl (C=O) groups is 1. The molecule has 1 aromatic carbocycles. The minimum atomic E-state index is -1.27. The summed E-state index contributed by atoms with van der Waals surface area (Å²) >= 11 is 5.81. The maximum Gasteiger partial charge on any atom is 0.274 e. The van der Waals surface area contributed by atoms with Crippen molar-refractivity contribution in [1.29, 1.82) is 0 Å². The predicted octanol–water partition coefficient (Wildman–Crippen LogP) is 4.38. The summed E-state index contributed by atoms with van der Waals surface area (Å²) < 4.78 is 19.3. The number of amidine groups is 1. The average molecular weight is 432 g/mol. The van der Waals surface area contributed by atoms with E-state index in [0.29, 0.717) is 28.2 Å². The van der Waals surface area contributed by atoms with Gasteiger partial charge in [0.15, 0.2) is 0 Å². The highest BCUT2D eigenvalue weighted by Crippen LogP contribution is 2.43. The fourth-order valence-corrected chi connectivity index (χ4v) is 5.92. The van der Waals surface area contributed by atoms with Crippen LogP contribution in [0.15, 0.2) is 46.2 Å². The van der Waals surface area contributed by atoms with Gasteiger partial charge < -0.3 is 15.7 Å². The highest BCUT2D eigenvalue weighted by atomic mass is 35.5. The third-order valence-electron chi connectivity index (χ3n) is 5.28. The number of pyridine rings is 1. The van der Waals surface area contributed by atoms with Crippen molar-refractivity contribution < 1.29 is 9.18 Å². The molecule has 9 heteroatoms. The second-order valence-corrected chi connectivity index (χ2v) is 11.1. The molecular weight excluding hydrogens is 409 g/mol. The number of anilines is 1. The van der Waals surface area contributed by atoms with Crippen LogP contribution >= 0.6 is 11.6 Å². The quantitative estimate of drug-likeness (QED) is 0.706. The Balaban J connectivity index is 1.96. The van der Waals surface area contributed by atoms with Crippen LogP contribution in [0, 0.1) is 5.82 Å². The topological polar surface area (TPSA) is 92.7 Å². The van der Waals surface area contributed by atoms with Crippen molar-refractivity contribution in [2.45, 2.75) is 37.4 Å². The van der Waals surface area contributed by atoms with Gasteiger partial charge in [-0.25, -0.2) is 9.37 Å². The lowest BCUT2D eigenvalue weighted by molar-refractivity contribution is 0.102. The summed E-state index contributed by atoms with van der Waals surface area (Å²) in [6.07, 6.45) is 1.40. The van der Waals surface area contributed by atoms with E-state index in [0.717, 1.165) is 0 Å². The number of nitrogens with two attached hydrogens (primary N) is 1. The van der Waals surface area contributed by atoms with Gasteiger partial charge in [-0.15, -0.1) is 0 Å². The van der Waals surface area contributed by atoms with Crippen LogP contribution in [-0.4, -0.2) is 32.4 Å². The van der Waals surface area contributed by atoms with Crippen LogP contribution in [0.1, 0.15) is 36.8 Å². The fourth-order valence-electron chi connectivity index (χ4n) is 3.38. The van der Waals surface area contributed by atoms with Gasteiger partial charge in [0.2, 0.25) is 0 Å². The number of aromatic nitrogens is 1. The van der Waals surface area contributed by atoms with Crippen molar-refractivity contribution >= 4 is 37.6 Å². The van der Waals surface area contributed by atoms with Gasteiger partial charge in [0.1, 0.15) is 25.9 Å². The molecule has 0 saturated carbocycles. The zero-order chi connectivity index (χ0) is 21.4. The average Bonchev–Trinajstić information content (AvgIpc) is 2.67. The van der Waals surface area contributed by atoms with Crippen LogP contribution in [0.25, 0.3) is 0 Å². The Bertz CT molecular complexity index is 1020. The minimum absolute atomic E-state index is 0.212. The molecule has 3 rings (SSSR count). The molecule has 0 unspecified atom stereocenters. The minimum Gasteiger partial charge on any atom is -0.387 e. The van der Waals surface area contributed by atoms with Gasteiger partial charge >= 0.3 is 0 Å². The van der Waals surface area contributed by atoms with Gasteiger partial charge in [-0.05, 0) is 37.3 Å². The smallest absolute Gasteiger partial charge is 0.274 e. The lowest BCUT2D eigenvalue weighted by Gasteiger charge is -2.39. The SMILES string of the molecule is CN=[Si]1C[C@@](C)(c2cc(NC(=O)c3ccc(Cl)cn3)ccc2F)N=C(N)C1(C)C. The van der Waals surface area contributed by atoms with Crippen LogP contribution in [0.4, 0.5) is 10.1 Å². The summed E-state index contributed by atoms with van der Waals surface area (Å²) in [5, 5.41) is 2.88. The zero-order valence-electron chi connectivity index (χ0n) is 16.8. The second kappa shape index (κ2) is 7.76. The third kappa shape index (κ3) is 4.13. The molecule has 0 fully saturated rings. The van der Waals surface area contributed by atoms with Crippen LogP contribution < -0.4 is 11.1 Å². The molecular formula is C20H23ClFN5OSi. The van der Waals surface area contributed by atoms with Crippen molar-refractivity contribution in [1.82, 2.24) is 4.98 Å². The van der Waals surface area contributed by atoms with Crippen LogP contribution in [-0.2, 0) is 5.54 Å². The maximum atomic E-state index is 14.8. The van der Waals surface area contributed by atoms with Gasteiger partial charge in [-0.1, -0.05) is 25.4 Å². The Hall–Kier alpha value is -2.45. The number of aliphatic imine (C=N–C) groups is 1. The molecule has 6 nitrogen and oxygen atoms in total. The molecule has 1 atom stereocenters.